The van der Waals surface area contributed by atoms with Crippen LogP contribution in [0.4, 0.5) is 0 Å². The molecule has 23 heavy (non-hydrogen) atoms. The maximum absolute atomic E-state index is 12.0. The summed E-state index contributed by atoms with van der Waals surface area (Å²) in [5.74, 6) is -0.825. The van der Waals surface area contributed by atoms with E-state index in [4.69, 9.17) is 4.74 Å². The summed E-state index contributed by atoms with van der Waals surface area (Å²) < 4.78 is 5.95. The van der Waals surface area contributed by atoms with Gasteiger partial charge in [0.1, 0.15) is 0 Å². The van der Waals surface area contributed by atoms with Gasteiger partial charge < -0.3 is 4.74 Å². The van der Waals surface area contributed by atoms with Crippen LogP contribution in [-0.2, 0) is 4.74 Å². The average Bonchev–Trinajstić information content (AvgIpc) is 2.59. The third-order valence-corrected chi connectivity index (χ3v) is 3.73. The molecule has 114 valence electrons. The zero-order valence-electron chi connectivity index (χ0n) is 11.9. The molecule has 0 fully saturated rings. The zero-order valence-corrected chi connectivity index (χ0v) is 13.5. The molecule has 0 atom stereocenters. The Morgan fingerprint density at radius 3 is 2.30 bits per heavy atom. The van der Waals surface area contributed by atoms with Gasteiger partial charge in [-0.25, -0.2) is 4.79 Å². The Morgan fingerprint density at radius 2 is 1.57 bits per heavy atom. The highest BCUT2D eigenvalue weighted by Gasteiger charge is 2.12. The number of esters is 1. The predicted octanol–water partition coefficient (Wildman–Crippen LogP) is 3.43. The Morgan fingerprint density at radius 1 is 0.913 bits per heavy atom. The first kappa shape index (κ1) is 15.3. The number of hydrogen-bond donors (Lipinski definition) is 0. The van der Waals surface area contributed by atoms with Crippen LogP contribution in [-0.4, -0.2) is 28.3 Å². The summed E-state index contributed by atoms with van der Waals surface area (Å²) in [6.07, 6.45) is 3.13. The molecule has 2 aromatic carbocycles. The third-order valence-electron chi connectivity index (χ3n) is 3.21. The van der Waals surface area contributed by atoms with Gasteiger partial charge in [0, 0.05) is 22.4 Å². The third kappa shape index (κ3) is 3.60. The van der Waals surface area contributed by atoms with Crippen LogP contribution in [0.25, 0.3) is 11.0 Å². The smallest absolute Gasteiger partial charge is 0.338 e. The second-order valence-corrected chi connectivity index (χ2v) is 5.68. The summed E-state index contributed by atoms with van der Waals surface area (Å²) in [6, 6.07) is 11.7. The second kappa shape index (κ2) is 6.66. The van der Waals surface area contributed by atoms with Crippen LogP contribution in [0.5, 0.6) is 0 Å². The first-order chi connectivity index (χ1) is 11.1. The highest BCUT2D eigenvalue weighted by Crippen LogP contribution is 2.13. The number of benzene rings is 2. The summed E-state index contributed by atoms with van der Waals surface area (Å²) in [6.45, 7) is -0.307. The van der Waals surface area contributed by atoms with Gasteiger partial charge in [-0.1, -0.05) is 28.1 Å². The lowest BCUT2D eigenvalue weighted by atomic mass is 10.1. The molecule has 6 heteroatoms. The van der Waals surface area contributed by atoms with Crippen LogP contribution in [0, 0.1) is 0 Å². The minimum Gasteiger partial charge on any atom is -0.454 e. The lowest BCUT2D eigenvalue weighted by Gasteiger charge is -2.05. The molecule has 0 amide bonds. The fraction of sp³-hybridized carbons (Fsp3) is 0.0588. The van der Waals surface area contributed by atoms with E-state index in [-0.39, 0.29) is 12.4 Å². The van der Waals surface area contributed by atoms with E-state index < -0.39 is 5.97 Å². The molecule has 3 rings (SSSR count). The van der Waals surface area contributed by atoms with E-state index in [9.17, 15) is 9.59 Å². The number of carbonyl (C=O) groups excluding carboxylic acids is 2. The Balaban J connectivity index is 1.68. The normalized spacial score (nSPS) is 10.5. The maximum atomic E-state index is 12.0. The number of ether oxygens (including phenoxy) is 1. The van der Waals surface area contributed by atoms with Crippen LogP contribution in [0.1, 0.15) is 20.7 Å². The second-order valence-electron chi connectivity index (χ2n) is 4.77. The van der Waals surface area contributed by atoms with Gasteiger partial charge in [0.25, 0.3) is 0 Å². The van der Waals surface area contributed by atoms with Crippen LogP contribution < -0.4 is 0 Å². The number of Topliss-reactive ketones (excluding diaryl/α,β-unsaturated/α-hetero) is 1. The summed E-state index contributed by atoms with van der Waals surface area (Å²) in [4.78, 5) is 32.3. The molecule has 0 spiro atoms. The molecular formula is C17H11BrN2O3. The SMILES string of the molecule is O=C(COC(=O)c1ccc2nccnc2c1)c1ccc(Br)cc1. The molecule has 1 heterocycles. The molecule has 0 aliphatic carbocycles. The molecule has 0 saturated carbocycles. The largest absolute Gasteiger partial charge is 0.454 e. The predicted molar refractivity (Wildman–Crippen MR) is 88.3 cm³/mol. The van der Waals surface area contributed by atoms with Crippen molar-refractivity contribution in [2.75, 3.05) is 6.61 Å². The lowest BCUT2D eigenvalue weighted by molar-refractivity contribution is 0.0475. The number of hydrogen-bond acceptors (Lipinski definition) is 5. The van der Waals surface area contributed by atoms with Gasteiger partial charge in [0.05, 0.1) is 16.6 Å². The fourth-order valence-electron chi connectivity index (χ4n) is 2.02. The van der Waals surface area contributed by atoms with E-state index in [1.54, 1.807) is 54.9 Å². The average molecular weight is 371 g/mol. The number of fused-ring (bicyclic) bond motifs is 1. The van der Waals surface area contributed by atoms with Crippen LogP contribution >= 0.6 is 15.9 Å². The van der Waals surface area contributed by atoms with Crippen molar-refractivity contribution in [2.24, 2.45) is 0 Å². The van der Waals surface area contributed by atoms with E-state index >= 15 is 0 Å². The van der Waals surface area contributed by atoms with E-state index in [1.807, 2.05) is 0 Å². The van der Waals surface area contributed by atoms with Crippen molar-refractivity contribution in [3.8, 4) is 0 Å². The Labute approximate surface area is 140 Å². The lowest BCUT2D eigenvalue weighted by Crippen LogP contribution is -2.14. The van der Waals surface area contributed by atoms with Crippen molar-refractivity contribution in [2.45, 2.75) is 0 Å². The van der Waals surface area contributed by atoms with Crippen molar-refractivity contribution in [1.29, 1.82) is 0 Å². The first-order valence-electron chi connectivity index (χ1n) is 6.80. The number of aromatic nitrogens is 2. The van der Waals surface area contributed by atoms with Crippen LogP contribution in [0.15, 0.2) is 59.3 Å². The highest BCUT2D eigenvalue weighted by molar-refractivity contribution is 9.10. The molecule has 0 aliphatic heterocycles. The molecule has 3 aromatic rings. The molecule has 5 nitrogen and oxygen atoms in total. The zero-order chi connectivity index (χ0) is 16.2. The van der Waals surface area contributed by atoms with Crippen molar-refractivity contribution >= 4 is 38.7 Å². The van der Waals surface area contributed by atoms with E-state index in [2.05, 4.69) is 25.9 Å². The van der Waals surface area contributed by atoms with E-state index in [0.29, 0.717) is 22.2 Å². The molecule has 0 unspecified atom stereocenters. The first-order valence-corrected chi connectivity index (χ1v) is 7.59. The highest BCUT2D eigenvalue weighted by atomic mass is 79.9. The maximum Gasteiger partial charge on any atom is 0.338 e. The Kier molecular flexibility index (Phi) is 4.43. The van der Waals surface area contributed by atoms with Gasteiger partial charge in [-0.3, -0.25) is 14.8 Å². The van der Waals surface area contributed by atoms with Crippen molar-refractivity contribution < 1.29 is 14.3 Å². The molecule has 0 bridgehead atoms. The molecule has 1 aromatic heterocycles. The van der Waals surface area contributed by atoms with Crippen molar-refractivity contribution in [3.05, 3.63) is 70.5 Å². The van der Waals surface area contributed by atoms with E-state index in [0.717, 1.165) is 4.47 Å². The van der Waals surface area contributed by atoms with Crippen LogP contribution in [0.3, 0.4) is 0 Å². The number of carbonyl (C=O) groups is 2. The van der Waals surface area contributed by atoms with Gasteiger partial charge in [0.2, 0.25) is 0 Å². The van der Waals surface area contributed by atoms with Gasteiger partial charge in [-0.05, 0) is 30.3 Å². The van der Waals surface area contributed by atoms with Gasteiger partial charge in [0.15, 0.2) is 12.4 Å². The Bertz CT molecular complexity index is 878. The molecular weight excluding hydrogens is 360 g/mol. The monoisotopic (exact) mass is 370 g/mol. The molecule has 0 saturated heterocycles. The van der Waals surface area contributed by atoms with Crippen LogP contribution in [0.2, 0.25) is 0 Å². The quantitative estimate of drug-likeness (QED) is 0.519. The minimum absolute atomic E-state index is 0.258. The molecule has 0 aliphatic rings. The summed E-state index contributed by atoms with van der Waals surface area (Å²) in [5.41, 5.74) is 2.11. The van der Waals surface area contributed by atoms with Gasteiger partial charge in [-0.2, -0.15) is 0 Å². The summed E-state index contributed by atoms with van der Waals surface area (Å²) in [7, 11) is 0. The van der Waals surface area contributed by atoms with E-state index in [1.165, 1.54) is 0 Å². The number of rotatable bonds is 4. The summed E-state index contributed by atoms with van der Waals surface area (Å²) in [5, 5.41) is 0. The Hall–Kier alpha value is -2.60. The number of ketones is 1. The number of halogens is 1. The van der Waals surface area contributed by atoms with Crippen molar-refractivity contribution in [3.63, 3.8) is 0 Å². The number of nitrogens with zero attached hydrogens (tertiary/aromatic N) is 2. The topological polar surface area (TPSA) is 69.2 Å². The summed E-state index contributed by atoms with van der Waals surface area (Å²) >= 11 is 3.30. The standard InChI is InChI=1S/C17H11BrN2O3/c18-13-4-1-11(2-5-13)16(21)10-23-17(22)12-3-6-14-15(9-12)20-8-7-19-14/h1-9H,10H2. The van der Waals surface area contributed by atoms with Gasteiger partial charge in [-0.15, -0.1) is 0 Å². The fourth-order valence-corrected chi connectivity index (χ4v) is 2.29. The molecule has 0 radical (unpaired) electrons. The van der Waals surface area contributed by atoms with Gasteiger partial charge >= 0.3 is 5.97 Å². The minimum atomic E-state index is -0.567. The molecule has 0 N–H and O–H groups in total. The van der Waals surface area contributed by atoms with Crippen molar-refractivity contribution in [1.82, 2.24) is 9.97 Å².